The summed E-state index contributed by atoms with van der Waals surface area (Å²) >= 11 is 0. The lowest BCUT2D eigenvalue weighted by Gasteiger charge is -2.40. The van der Waals surface area contributed by atoms with Crippen LogP contribution in [-0.2, 0) is 6.54 Å². The number of nitrogens with one attached hydrogen (secondary N) is 1. The van der Waals surface area contributed by atoms with Gasteiger partial charge in [-0.25, -0.2) is 4.98 Å². The number of rotatable bonds is 7. The second kappa shape index (κ2) is 7.65. The highest BCUT2D eigenvalue weighted by molar-refractivity contribution is 4.85. The molecule has 2 atom stereocenters. The van der Waals surface area contributed by atoms with Crippen molar-refractivity contribution in [1.82, 2.24) is 19.8 Å². The van der Waals surface area contributed by atoms with E-state index in [1.54, 1.807) is 0 Å². The Kier molecular flexibility index (Phi) is 5.86. The highest BCUT2D eigenvalue weighted by atomic mass is 15.2. The fourth-order valence-electron chi connectivity index (χ4n) is 2.97. The zero-order valence-corrected chi connectivity index (χ0v) is 12.4. The topological polar surface area (TPSA) is 33.1 Å². The summed E-state index contributed by atoms with van der Waals surface area (Å²) in [7, 11) is 0. The molecule has 2 unspecified atom stereocenters. The van der Waals surface area contributed by atoms with Crippen LogP contribution < -0.4 is 5.32 Å². The van der Waals surface area contributed by atoms with Crippen LogP contribution in [0.5, 0.6) is 0 Å². The molecule has 1 fully saturated rings. The van der Waals surface area contributed by atoms with Gasteiger partial charge < -0.3 is 9.88 Å². The van der Waals surface area contributed by atoms with Gasteiger partial charge in [0, 0.05) is 50.7 Å². The summed E-state index contributed by atoms with van der Waals surface area (Å²) in [5.74, 6) is 0. The van der Waals surface area contributed by atoms with Gasteiger partial charge in [-0.1, -0.05) is 20.3 Å². The fourth-order valence-corrected chi connectivity index (χ4v) is 2.97. The third-order valence-corrected chi connectivity index (χ3v) is 4.15. The smallest absolute Gasteiger partial charge is 0.0945 e. The molecule has 0 amide bonds. The molecule has 1 aliphatic rings. The Balaban J connectivity index is 1.79. The predicted octanol–water partition coefficient (Wildman–Crippen LogP) is 2.13. The minimum absolute atomic E-state index is 0.682. The Morgan fingerprint density at radius 1 is 1.32 bits per heavy atom. The number of piperazine rings is 1. The first-order valence-corrected chi connectivity index (χ1v) is 7.76. The number of hydrogen-bond acceptors (Lipinski definition) is 3. The molecule has 0 bridgehead atoms. The van der Waals surface area contributed by atoms with Crippen LogP contribution >= 0.6 is 0 Å². The zero-order chi connectivity index (χ0) is 13.5. The zero-order valence-electron chi connectivity index (χ0n) is 12.4. The number of hydrogen-bond donors (Lipinski definition) is 1. The Morgan fingerprint density at radius 2 is 2.21 bits per heavy atom. The number of aromatic nitrogens is 2. The average Bonchev–Trinajstić information content (AvgIpc) is 2.94. The molecular weight excluding hydrogens is 236 g/mol. The van der Waals surface area contributed by atoms with Crippen molar-refractivity contribution in [2.45, 2.75) is 58.2 Å². The van der Waals surface area contributed by atoms with Crippen LogP contribution in [0.25, 0.3) is 0 Å². The second-order valence-electron chi connectivity index (χ2n) is 5.60. The van der Waals surface area contributed by atoms with E-state index < -0.39 is 0 Å². The van der Waals surface area contributed by atoms with Crippen molar-refractivity contribution in [2.24, 2.45) is 0 Å². The summed E-state index contributed by atoms with van der Waals surface area (Å²) in [4.78, 5) is 6.80. The van der Waals surface area contributed by atoms with Gasteiger partial charge >= 0.3 is 0 Å². The van der Waals surface area contributed by atoms with Crippen LogP contribution in [0.4, 0.5) is 0 Å². The normalized spacial score (nSPS) is 24.7. The Morgan fingerprint density at radius 3 is 2.89 bits per heavy atom. The number of imidazole rings is 1. The summed E-state index contributed by atoms with van der Waals surface area (Å²) < 4.78 is 2.17. The van der Waals surface area contributed by atoms with Gasteiger partial charge in [0.05, 0.1) is 6.33 Å². The van der Waals surface area contributed by atoms with Crippen LogP contribution in [0.15, 0.2) is 18.7 Å². The van der Waals surface area contributed by atoms with Crippen molar-refractivity contribution < 1.29 is 0 Å². The lowest BCUT2D eigenvalue weighted by Crippen LogP contribution is -2.56. The van der Waals surface area contributed by atoms with Crippen LogP contribution in [-0.4, -0.2) is 46.2 Å². The van der Waals surface area contributed by atoms with Crippen molar-refractivity contribution in [3.05, 3.63) is 18.7 Å². The van der Waals surface area contributed by atoms with Crippen LogP contribution in [0.2, 0.25) is 0 Å². The monoisotopic (exact) mass is 264 g/mol. The Hall–Kier alpha value is -0.870. The first-order chi connectivity index (χ1) is 9.33. The molecule has 1 saturated heterocycles. The largest absolute Gasteiger partial charge is 0.337 e. The highest BCUT2D eigenvalue weighted by Gasteiger charge is 2.25. The summed E-state index contributed by atoms with van der Waals surface area (Å²) in [5, 5.41) is 3.68. The molecular formula is C15H28N4. The molecule has 0 saturated carbocycles. The molecule has 2 rings (SSSR count). The Bertz CT molecular complexity index is 336. The molecule has 1 aromatic heterocycles. The quantitative estimate of drug-likeness (QED) is 0.819. The molecule has 4 heteroatoms. The maximum atomic E-state index is 4.10. The molecule has 108 valence electrons. The van der Waals surface area contributed by atoms with Gasteiger partial charge in [0.25, 0.3) is 0 Å². The first-order valence-electron chi connectivity index (χ1n) is 7.76. The van der Waals surface area contributed by atoms with Crippen LogP contribution in [0.1, 0.15) is 39.5 Å². The lowest BCUT2D eigenvalue weighted by molar-refractivity contribution is 0.118. The van der Waals surface area contributed by atoms with Crippen molar-refractivity contribution in [1.29, 1.82) is 0 Å². The van der Waals surface area contributed by atoms with Gasteiger partial charge in [-0.05, 0) is 19.3 Å². The predicted molar refractivity (Wildman–Crippen MR) is 79.2 cm³/mol. The lowest BCUT2D eigenvalue weighted by atomic mass is 10.0. The second-order valence-corrected chi connectivity index (χ2v) is 5.60. The maximum absolute atomic E-state index is 4.10. The van der Waals surface area contributed by atoms with Crippen molar-refractivity contribution in [2.75, 3.05) is 19.6 Å². The molecule has 0 radical (unpaired) electrons. The molecule has 1 aromatic rings. The van der Waals surface area contributed by atoms with Crippen molar-refractivity contribution >= 4 is 0 Å². The third-order valence-electron chi connectivity index (χ3n) is 4.15. The molecule has 2 heterocycles. The number of aryl methyl sites for hydroxylation is 1. The maximum Gasteiger partial charge on any atom is 0.0945 e. The summed E-state index contributed by atoms with van der Waals surface area (Å²) in [6, 6.07) is 1.41. The van der Waals surface area contributed by atoms with Gasteiger partial charge in [0.15, 0.2) is 0 Å². The Labute approximate surface area is 117 Å². The molecule has 1 N–H and O–H groups in total. The molecule has 19 heavy (non-hydrogen) atoms. The van der Waals surface area contributed by atoms with E-state index in [2.05, 4.69) is 39.8 Å². The highest BCUT2D eigenvalue weighted by Crippen LogP contribution is 2.14. The van der Waals surface area contributed by atoms with Crippen LogP contribution in [0.3, 0.4) is 0 Å². The van der Waals surface area contributed by atoms with E-state index in [4.69, 9.17) is 0 Å². The van der Waals surface area contributed by atoms with Crippen molar-refractivity contribution in [3.8, 4) is 0 Å². The minimum Gasteiger partial charge on any atom is -0.337 e. The van der Waals surface area contributed by atoms with Gasteiger partial charge in [-0.3, -0.25) is 4.90 Å². The third kappa shape index (κ3) is 4.32. The SMILES string of the molecule is CCCC1CNC(CC)CN1CCCn1ccnc1. The van der Waals surface area contributed by atoms with Crippen molar-refractivity contribution in [3.63, 3.8) is 0 Å². The fraction of sp³-hybridized carbons (Fsp3) is 0.800. The van der Waals surface area contributed by atoms with E-state index in [1.165, 1.54) is 38.8 Å². The first kappa shape index (κ1) is 14.5. The van der Waals surface area contributed by atoms with Gasteiger partial charge in [-0.2, -0.15) is 0 Å². The van der Waals surface area contributed by atoms with E-state index in [0.29, 0.717) is 6.04 Å². The molecule has 1 aliphatic heterocycles. The summed E-state index contributed by atoms with van der Waals surface area (Å²) in [5.41, 5.74) is 0. The molecule has 0 aliphatic carbocycles. The minimum atomic E-state index is 0.682. The molecule has 0 spiro atoms. The molecule has 4 nitrogen and oxygen atoms in total. The summed E-state index contributed by atoms with van der Waals surface area (Å²) in [6.07, 6.45) is 10.9. The van der Waals surface area contributed by atoms with E-state index in [0.717, 1.165) is 19.1 Å². The van der Waals surface area contributed by atoms with E-state index in [-0.39, 0.29) is 0 Å². The van der Waals surface area contributed by atoms with Gasteiger partial charge in [0.1, 0.15) is 0 Å². The van der Waals surface area contributed by atoms with E-state index in [9.17, 15) is 0 Å². The average molecular weight is 264 g/mol. The summed E-state index contributed by atoms with van der Waals surface area (Å²) in [6.45, 7) is 9.24. The van der Waals surface area contributed by atoms with Gasteiger partial charge in [0.2, 0.25) is 0 Å². The van der Waals surface area contributed by atoms with E-state index >= 15 is 0 Å². The standard InChI is InChI=1S/C15H28N4/c1-3-6-15-11-17-14(4-2)12-19(15)9-5-8-18-10-7-16-13-18/h7,10,13-15,17H,3-6,8-9,11-12H2,1-2H3. The number of nitrogens with zero attached hydrogens (tertiary/aromatic N) is 3. The molecule has 0 aromatic carbocycles. The van der Waals surface area contributed by atoms with Gasteiger partial charge in [-0.15, -0.1) is 0 Å². The van der Waals surface area contributed by atoms with Crippen LogP contribution in [0, 0.1) is 0 Å². The van der Waals surface area contributed by atoms with E-state index in [1.807, 2.05) is 12.5 Å².